The maximum atomic E-state index is 10.8. The molecule has 0 aromatic rings. The number of esters is 1. The molecule has 0 aliphatic rings. The molecule has 0 spiro atoms. The molecule has 0 aliphatic heterocycles. The summed E-state index contributed by atoms with van der Waals surface area (Å²) < 4.78 is 4.92. The van der Waals surface area contributed by atoms with Crippen molar-refractivity contribution < 1.29 is 9.53 Å². The summed E-state index contributed by atoms with van der Waals surface area (Å²) in [6.07, 6.45) is 18.2. The van der Waals surface area contributed by atoms with Gasteiger partial charge in [0.25, 0.3) is 0 Å². The minimum Gasteiger partial charge on any atom is -0.463 e. The molecule has 0 saturated heterocycles. The molecule has 0 aromatic heterocycles. The third-order valence-electron chi connectivity index (χ3n) is 3.05. The number of carbonyl (C=O) groups excluding carboxylic acids is 1. The van der Waals surface area contributed by atoms with Crippen LogP contribution in [0.2, 0.25) is 0 Å². The first-order chi connectivity index (χ1) is 9.31. The van der Waals surface area contributed by atoms with Crippen molar-refractivity contribution in [2.45, 2.75) is 71.1 Å². The Bertz CT molecular complexity index is 244. The zero-order valence-electron chi connectivity index (χ0n) is 12.5. The number of hydrogen-bond donors (Lipinski definition) is 0. The van der Waals surface area contributed by atoms with Crippen molar-refractivity contribution in [1.29, 1.82) is 0 Å². The SMILES string of the molecule is C=CC(=O)OCCCCCCCCC/C=C/CCC. The highest BCUT2D eigenvalue weighted by molar-refractivity contribution is 5.81. The number of ether oxygens (including phenoxy) is 1. The van der Waals surface area contributed by atoms with Gasteiger partial charge in [-0.15, -0.1) is 0 Å². The maximum Gasteiger partial charge on any atom is 0.330 e. The summed E-state index contributed by atoms with van der Waals surface area (Å²) in [4.78, 5) is 10.8. The molecule has 0 bridgehead atoms. The number of rotatable bonds is 13. The van der Waals surface area contributed by atoms with Crippen LogP contribution in [0.25, 0.3) is 0 Å². The highest BCUT2D eigenvalue weighted by atomic mass is 16.5. The Hall–Kier alpha value is -1.05. The van der Waals surface area contributed by atoms with Gasteiger partial charge in [-0.25, -0.2) is 4.79 Å². The van der Waals surface area contributed by atoms with Gasteiger partial charge in [0.2, 0.25) is 0 Å². The molecule has 0 saturated carbocycles. The molecule has 0 rings (SSSR count). The number of allylic oxidation sites excluding steroid dienone is 2. The molecule has 0 radical (unpaired) electrons. The van der Waals surface area contributed by atoms with Crippen molar-refractivity contribution in [3.63, 3.8) is 0 Å². The van der Waals surface area contributed by atoms with E-state index in [9.17, 15) is 4.79 Å². The van der Waals surface area contributed by atoms with E-state index in [1.165, 1.54) is 57.4 Å². The molecular formula is C17H30O2. The fourth-order valence-corrected chi connectivity index (χ4v) is 1.88. The maximum absolute atomic E-state index is 10.8. The Kier molecular flexibility index (Phi) is 14.2. The van der Waals surface area contributed by atoms with E-state index in [0.717, 1.165) is 12.8 Å². The highest BCUT2D eigenvalue weighted by Crippen LogP contribution is 2.09. The summed E-state index contributed by atoms with van der Waals surface area (Å²) in [5, 5.41) is 0. The van der Waals surface area contributed by atoms with E-state index in [4.69, 9.17) is 4.74 Å². The van der Waals surface area contributed by atoms with Gasteiger partial charge in [0, 0.05) is 6.08 Å². The van der Waals surface area contributed by atoms with Crippen molar-refractivity contribution in [2.24, 2.45) is 0 Å². The lowest BCUT2D eigenvalue weighted by Crippen LogP contribution is -2.01. The lowest BCUT2D eigenvalue weighted by atomic mass is 10.1. The summed E-state index contributed by atoms with van der Waals surface area (Å²) in [7, 11) is 0. The Labute approximate surface area is 118 Å². The average molecular weight is 266 g/mol. The van der Waals surface area contributed by atoms with E-state index in [-0.39, 0.29) is 5.97 Å². The molecule has 0 N–H and O–H groups in total. The standard InChI is InChI=1S/C17H30O2/c1-3-5-6-7-8-9-10-11-12-13-14-15-16-19-17(18)4-2/h4,6-7H,2-3,5,8-16H2,1H3/b7-6+. The van der Waals surface area contributed by atoms with E-state index in [2.05, 4.69) is 25.7 Å². The van der Waals surface area contributed by atoms with Crippen LogP contribution in [0, 0.1) is 0 Å². The Morgan fingerprint density at radius 3 is 2.16 bits per heavy atom. The number of hydrogen-bond acceptors (Lipinski definition) is 2. The van der Waals surface area contributed by atoms with Crippen LogP contribution in [0.15, 0.2) is 24.8 Å². The first kappa shape index (κ1) is 17.9. The lowest BCUT2D eigenvalue weighted by molar-refractivity contribution is -0.137. The molecule has 0 aliphatic carbocycles. The summed E-state index contributed by atoms with van der Waals surface area (Å²) in [6.45, 7) is 6.11. The monoisotopic (exact) mass is 266 g/mol. The summed E-state index contributed by atoms with van der Waals surface area (Å²) >= 11 is 0. The quantitative estimate of drug-likeness (QED) is 0.198. The largest absolute Gasteiger partial charge is 0.463 e. The molecule has 0 aromatic carbocycles. The van der Waals surface area contributed by atoms with E-state index < -0.39 is 0 Å². The smallest absolute Gasteiger partial charge is 0.330 e. The van der Waals surface area contributed by atoms with Crippen LogP contribution in [0.1, 0.15) is 71.1 Å². The zero-order valence-corrected chi connectivity index (χ0v) is 12.5. The third-order valence-corrected chi connectivity index (χ3v) is 3.05. The van der Waals surface area contributed by atoms with Crippen molar-refractivity contribution in [1.82, 2.24) is 0 Å². The van der Waals surface area contributed by atoms with Gasteiger partial charge in [0.15, 0.2) is 0 Å². The summed E-state index contributed by atoms with van der Waals surface area (Å²) in [6, 6.07) is 0. The van der Waals surface area contributed by atoms with Gasteiger partial charge in [-0.2, -0.15) is 0 Å². The Morgan fingerprint density at radius 2 is 1.53 bits per heavy atom. The van der Waals surface area contributed by atoms with Gasteiger partial charge in [-0.1, -0.05) is 64.2 Å². The van der Waals surface area contributed by atoms with Crippen molar-refractivity contribution >= 4 is 5.97 Å². The molecule has 110 valence electrons. The zero-order chi connectivity index (χ0) is 14.2. The molecular weight excluding hydrogens is 236 g/mol. The molecule has 0 atom stereocenters. The van der Waals surface area contributed by atoms with Gasteiger partial charge in [0.05, 0.1) is 6.61 Å². The minimum atomic E-state index is -0.309. The van der Waals surface area contributed by atoms with Crippen LogP contribution in [0.4, 0.5) is 0 Å². The van der Waals surface area contributed by atoms with E-state index in [1.807, 2.05) is 0 Å². The third kappa shape index (κ3) is 14.9. The Morgan fingerprint density at radius 1 is 0.947 bits per heavy atom. The van der Waals surface area contributed by atoms with E-state index in [1.54, 1.807) is 0 Å². The Balaban J connectivity index is 3.06. The number of unbranched alkanes of at least 4 members (excludes halogenated alkanes) is 8. The fourth-order valence-electron chi connectivity index (χ4n) is 1.88. The predicted octanol–water partition coefficient (Wildman–Crippen LogP) is 5.19. The molecule has 0 heterocycles. The van der Waals surface area contributed by atoms with Gasteiger partial charge in [0.1, 0.15) is 0 Å². The molecule has 2 heteroatoms. The van der Waals surface area contributed by atoms with Crippen LogP contribution in [-0.2, 0) is 9.53 Å². The van der Waals surface area contributed by atoms with Gasteiger partial charge in [-0.05, 0) is 25.7 Å². The predicted molar refractivity (Wildman–Crippen MR) is 82.1 cm³/mol. The second kappa shape index (κ2) is 15.0. The van der Waals surface area contributed by atoms with E-state index in [0.29, 0.717) is 6.61 Å². The van der Waals surface area contributed by atoms with Gasteiger partial charge in [-0.3, -0.25) is 0 Å². The summed E-state index contributed by atoms with van der Waals surface area (Å²) in [5.41, 5.74) is 0. The fraction of sp³-hybridized carbons (Fsp3) is 0.706. The van der Waals surface area contributed by atoms with Crippen LogP contribution in [0.5, 0.6) is 0 Å². The topological polar surface area (TPSA) is 26.3 Å². The van der Waals surface area contributed by atoms with Crippen LogP contribution >= 0.6 is 0 Å². The second-order valence-electron chi connectivity index (χ2n) is 4.90. The van der Waals surface area contributed by atoms with Gasteiger partial charge < -0.3 is 4.74 Å². The molecule has 19 heavy (non-hydrogen) atoms. The van der Waals surface area contributed by atoms with Crippen LogP contribution in [-0.4, -0.2) is 12.6 Å². The number of carbonyl (C=O) groups is 1. The van der Waals surface area contributed by atoms with Crippen molar-refractivity contribution in [3.8, 4) is 0 Å². The molecule has 0 fully saturated rings. The minimum absolute atomic E-state index is 0.309. The normalized spacial score (nSPS) is 10.8. The second-order valence-corrected chi connectivity index (χ2v) is 4.90. The summed E-state index contributed by atoms with van der Waals surface area (Å²) in [5.74, 6) is -0.309. The highest BCUT2D eigenvalue weighted by Gasteiger charge is 1.95. The first-order valence-electron chi connectivity index (χ1n) is 7.75. The van der Waals surface area contributed by atoms with Crippen molar-refractivity contribution in [3.05, 3.63) is 24.8 Å². The molecule has 0 amide bonds. The van der Waals surface area contributed by atoms with Crippen LogP contribution in [0.3, 0.4) is 0 Å². The van der Waals surface area contributed by atoms with Gasteiger partial charge >= 0.3 is 5.97 Å². The molecule has 2 nitrogen and oxygen atoms in total. The lowest BCUT2D eigenvalue weighted by Gasteiger charge is -2.02. The molecule has 0 unspecified atom stereocenters. The van der Waals surface area contributed by atoms with Crippen molar-refractivity contribution in [2.75, 3.05) is 6.61 Å². The first-order valence-corrected chi connectivity index (χ1v) is 7.75. The average Bonchev–Trinajstić information content (AvgIpc) is 2.43. The van der Waals surface area contributed by atoms with E-state index >= 15 is 0 Å². The van der Waals surface area contributed by atoms with Crippen LogP contribution < -0.4 is 0 Å².